The second-order valence-corrected chi connectivity index (χ2v) is 3.38. The Morgan fingerprint density at radius 2 is 2.42 bits per heavy atom. The summed E-state index contributed by atoms with van der Waals surface area (Å²) in [5, 5.41) is 3.40. The van der Waals surface area contributed by atoms with Crippen molar-refractivity contribution in [2.75, 3.05) is 11.9 Å². The number of rotatable bonds is 1. The summed E-state index contributed by atoms with van der Waals surface area (Å²) in [6.07, 6.45) is 1.08. The monoisotopic (exact) mass is 162 g/mol. The molecule has 0 fully saturated rings. The Morgan fingerprint density at radius 1 is 1.58 bits per heavy atom. The molecule has 0 bridgehead atoms. The molecule has 1 aliphatic heterocycles. The summed E-state index contributed by atoms with van der Waals surface area (Å²) in [5.41, 5.74) is 9.68. The molecular formula is C10H14N2. The fraction of sp³-hybridized carbons (Fsp3) is 0.400. The van der Waals surface area contributed by atoms with Gasteiger partial charge in [0, 0.05) is 18.3 Å². The molecule has 0 spiro atoms. The maximum Gasteiger partial charge on any atom is 0.0425 e. The molecule has 3 N–H and O–H groups in total. The molecule has 1 heterocycles. The number of nitrogens with two attached hydrogens (primary N) is 1. The number of benzene rings is 1. The molecule has 0 aliphatic carbocycles. The third-order valence-electron chi connectivity index (χ3n) is 2.50. The highest BCUT2D eigenvalue weighted by atomic mass is 15.0. The Morgan fingerprint density at radius 3 is 3.08 bits per heavy atom. The van der Waals surface area contributed by atoms with Gasteiger partial charge in [0.25, 0.3) is 0 Å². The number of anilines is 1. The summed E-state index contributed by atoms with van der Waals surface area (Å²) in [7, 11) is 0. The summed E-state index contributed by atoms with van der Waals surface area (Å²) < 4.78 is 0. The minimum absolute atomic E-state index is 0.445. The smallest absolute Gasteiger partial charge is 0.0425 e. The van der Waals surface area contributed by atoms with E-state index < -0.39 is 0 Å². The van der Waals surface area contributed by atoms with E-state index in [0.717, 1.165) is 6.42 Å². The third-order valence-corrected chi connectivity index (χ3v) is 2.50. The number of aryl methyl sites for hydroxylation is 1. The van der Waals surface area contributed by atoms with Crippen LogP contribution >= 0.6 is 0 Å². The van der Waals surface area contributed by atoms with Gasteiger partial charge in [-0.25, -0.2) is 0 Å². The van der Waals surface area contributed by atoms with Crippen molar-refractivity contribution in [3.63, 3.8) is 0 Å². The van der Waals surface area contributed by atoms with Crippen LogP contribution in [0.15, 0.2) is 18.2 Å². The SMILES string of the molecule is Cc1cccc2c1CC(CN)N2. The van der Waals surface area contributed by atoms with Gasteiger partial charge in [0.05, 0.1) is 0 Å². The molecule has 0 saturated heterocycles. The molecule has 2 rings (SSSR count). The van der Waals surface area contributed by atoms with Gasteiger partial charge in [-0.2, -0.15) is 0 Å². The number of hydrogen-bond acceptors (Lipinski definition) is 2. The van der Waals surface area contributed by atoms with E-state index >= 15 is 0 Å². The van der Waals surface area contributed by atoms with Crippen molar-refractivity contribution in [1.82, 2.24) is 0 Å². The van der Waals surface area contributed by atoms with Crippen LogP contribution in [0.3, 0.4) is 0 Å². The normalized spacial score (nSPS) is 20.3. The zero-order valence-corrected chi connectivity index (χ0v) is 7.30. The van der Waals surface area contributed by atoms with Crippen LogP contribution in [0.4, 0.5) is 5.69 Å². The van der Waals surface area contributed by atoms with Gasteiger partial charge in [-0.05, 0) is 30.5 Å². The van der Waals surface area contributed by atoms with Crippen molar-refractivity contribution < 1.29 is 0 Å². The Kier molecular flexibility index (Phi) is 1.77. The Labute approximate surface area is 72.8 Å². The minimum atomic E-state index is 0.445. The van der Waals surface area contributed by atoms with Crippen molar-refractivity contribution in [3.8, 4) is 0 Å². The van der Waals surface area contributed by atoms with Crippen LogP contribution in [0.25, 0.3) is 0 Å². The van der Waals surface area contributed by atoms with Crippen molar-refractivity contribution in [3.05, 3.63) is 29.3 Å². The highest BCUT2D eigenvalue weighted by Crippen LogP contribution is 2.27. The van der Waals surface area contributed by atoms with Crippen LogP contribution in [0.2, 0.25) is 0 Å². The minimum Gasteiger partial charge on any atom is -0.380 e. The fourth-order valence-corrected chi connectivity index (χ4v) is 1.77. The second kappa shape index (κ2) is 2.79. The highest BCUT2D eigenvalue weighted by molar-refractivity contribution is 5.59. The van der Waals surface area contributed by atoms with E-state index in [1.54, 1.807) is 0 Å². The van der Waals surface area contributed by atoms with Crippen LogP contribution in [-0.4, -0.2) is 12.6 Å². The van der Waals surface area contributed by atoms with E-state index in [-0.39, 0.29) is 0 Å². The van der Waals surface area contributed by atoms with Gasteiger partial charge in [-0.3, -0.25) is 0 Å². The maximum absolute atomic E-state index is 5.60. The molecular weight excluding hydrogens is 148 g/mol. The van der Waals surface area contributed by atoms with Gasteiger partial charge >= 0.3 is 0 Å². The summed E-state index contributed by atoms with van der Waals surface area (Å²) in [4.78, 5) is 0. The van der Waals surface area contributed by atoms with E-state index in [2.05, 4.69) is 30.4 Å². The number of fused-ring (bicyclic) bond motifs is 1. The highest BCUT2D eigenvalue weighted by Gasteiger charge is 2.19. The molecule has 1 aromatic rings. The zero-order chi connectivity index (χ0) is 8.55. The van der Waals surface area contributed by atoms with Gasteiger partial charge in [0.1, 0.15) is 0 Å². The molecule has 64 valence electrons. The molecule has 1 unspecified atom stereocenters. The lowest BCUT2D eigenvalue weighted by molar-refractivity contribution is 0.758. The quantitative estimate of drug-likeness (QED) is 0.653. The predicted octanol–water partition coefficient (Wildman–Crippen LogP) is 1.29. The van der Waals surface area contributed by atoms with Crippen LogP contribution in [-0.2, 0) is 6.42 Å². The van der Waals surface area contributed by atoms with Crippen LogP contribution < -0.4 is 11.1 Å². The van der Waals surface area contributed by atoms with Gasteiger partial charge < -0.3 is 11.1 Å². The van der Waals surface area contributed by atoms with Crippen LogP contribution in [0.1, 0.15) is 11.1 Å². The van der Waals surface area contributed by atoms with Gasteiger partial charge in [0.15, 0.2) is 0 Å². The molecule has 1 atom stereocenters. The first kappa shape index (κ1) is 7.62. The van der Waals surface area contributed by atoms with Gasteiger partial charge in [0.2, 0.25) is 0 Å². The van der Waals surface area contributed by atoms with Gasteiger partial charge in [-0.1, -0.05) is 12.1 Å². The largest absolute Gasteiger partial charge is 0.380 e. The molecule has 2 heteroatoms. The average Bonchev–Trinajstić information content (AvgIpc) is 2.49. The maximum atomic E-state index is 5.60. The molecule has 0 saturated carbocycles. The van der Waals surface area contributed by atoms with Crippen molar-refractivity contribution >= 4 is 5.69 Å². The first-order valence-electron chi connectivity index (χ1n) is 4.36. The molecule has 1 aliphatic rings. The molecule has 0 radical (unpaired) electrons. The molecule has 2 nitrogen and oxygen atoms in total. The Bertz CT molecular complexity index is 294. The summed E-state index contributed by atoms with van der Waals surface area (Å²) in [5.74, 6) is 0. The predicted molar refractivity (Wildman–Crippen MR) is 51.3 cm³/mol. The van der Waals surface area contributed by atoms with E-state index in [1.807, 2.05) is 0 Å². The van der Waals surface area contributed by atoms with E-state index in [4.69, 9.17) is 5.73 Å². The standard InChI is InChI=1S/C10H14N2/c1-7-3-2-4-10-9(7)5-8(6-11)12-10/h2-4,8,12H,5-6,11H2,1H3. The fourth-order valence-electron chi connectivity index (χ4n) is 1.77. The van der Waals surface area contributed by atoms with Crippen molar-refractivity contribution in [1.29, 1.82) is 0 Å². The van der Waals surface area contributed by atoms with Crippen LogP contribution in [0, 0.1) is 6.92 Å². The Balaban J connectivity index is 2.35. The lowest BCUT2D eigenvalue weighted by Gasteiger charge is -2.05. The lowest BCUT2D eigenvalue weighted by atomic mass is 10.0. The lowest BCUT2D eigenvalue weighted by Crippen LogP contribution is -2.25. The average molecular weight is 162 g/mol. The molecule has 12 heavy (non-hydrogen) atoms. The van der Waals surface area contributed by atoms with E-state index in [9.17, 15) is 0 Å². The first-order valence-corrected chi connectivity index (χ1v) is 4.36. The topological polar surface area (TPSA) is 38.0 Å². The summed E-state index contributed by atoms with van der Waals surface area (Å²) in [6.45, 7) is 2.87. The number of hydrogen-bond donors (Lipinski definition) is 2. The summed E-state index contributed by atoms with van der Waals surface area (Å²) >= 11 is 0. The second-order valence-electron chi connectivity index (χ2n) is 3.38. The zero-order valence-electron chi connectivity index (χ0n) is 7.30. The van der Waals surface area contributed by atoms with Gasteiger partial charge in [-0.15, -0.1) is 0 Å². The molecule has 1 aromatic carbocycles. The van der Waals surface area contributed by atoms with E-state index in [1.165, 1.54) is 16.8 Å². The summed E-state index contributed by atoms with van der Waals surface area (Å²) in [6, 6.07) is 6.80. The molecule has 0 amide bonds. The first-order chi connectivity index (χ1) is 5.81. The van der Waals surface area contributed by atoms with E-state index in [0.29, 0.717) is 12.6 Å². The molecule has 0 aromatic heterocycles. The van der Waals surface area contributed by atoms with Crippen molar-refractivity contribution in [2.24, 2.45) is 5.73 Å². The van der Waals surface area contributed by atoms with Crippen LogP contribution in [0.5, 0.6) is 0 Å². The van der Waals surface area contributed by atoms with Crippen molar-refractivity contribution in [2.45, 2.75) is 19.4 Å². The third kappa shape index (κ3) is 1.08. The number of nitrogens with one attached hydrogen (secondary N) is 1. The Hall–Kier alpha value is -1.02.